The molecule has 6 nitrogen and oxygen atoms in total. The van der Waals surface area contributed by atoms with Gasteiger partial charge in [-0.3, -0.25) is 4.90 Å². The number of hydrogen-bond donors (Lipinski definition) is 1. The Balaban J connectivity index is 1.20. The second-order valence-corrected chi connectivity index (χ2v) is 8.70. The first-order valence-electron chi connectivity index (χ1n) is 10.9. The Kier molecular flexibility index (Phi) is 6.01. The number of carbonyl (C=O) groups is 1. The molecule has 1 atom stereocenters. The van der Waals surface area contributed by atoms with Crippen molar-refractivity contribution in [2.24, 2.45) is 0 Å². The number of aromatic nitrogens is 1. The van der Waals surface area contributed by atoms with E-state index >= 15 is 0 Å². The maximum Gasteiger partial charge on any atom is 0.317 e. The molecule has 3 fully saturated rings. The van der Waals surface area contributed by atoms with Gasteiger partial charge in [0.2, 0.25) is 0 Å². The van der Waals surface area contributed by atoms with Gasteiger partial charge < -0.3 is 14.7 Å². The molecule has 150 valence electrons. The van der Waals surface area contributed by atoms with Crippen molar-refractivity contribution in [3.05, 3.63) is 17.5 Å². The Morgan fingerprint density at radius 2 is 2.00 bits per heavy atom. The van der Waals surface area contributed by atoms with E-state index in [0.717, 1.165) is 30.5 Å². The Labute approximate surface area is 162 Å². The van der Waals surface area contributed by atoms with Crippen LogP contribution < -0.4 is 5.32 Å². The predicted molar refractivity (Wildman–Crippen MR) is 105 cm³/mol. The molecule has 0 bridgehead atoms. The highest BCUT2D eigenvalue weighted by molar-refractivity contribution is 5.73. The minimum atomic E-state index is -0.0193. The summed E-state index contributed by atoms with van der Waals surface area (Å²) in [7, 11) is 1.83. The molecule has 1 saturated heterocycles. The Morgan fingerprint density at radius 1 is 1.22 bits per heavy atom. The minimum Gasteiger partial charge on any atom is -0.361 e. The van der Waals surface area contributed by atoms with Gasteiger partial charge in [-0.15, -0.1) is 0 Å². The van der Waals surface area contributed by atoms with E-state index in [4.69, 9.17) is 4.52 Å². The second-order valence-electron chi connectivity index (χ2n) is 8.70. The SMILES string of the molecule is CN(Cc1cc(C2CC2)on1)C(=O)NCC[C@H]1CCCCN1C1CCCC1. The molecule has 2 amide bonds. The van der Waals surface area contributed by atoms with E-state index in [9.17, 15) is 4.79 Å². The number of rotatable bonds is 7. The van der Waals surface area contributed by atoms with Gasteiger partial charge in [-0.05, 0) is 51.5 Å². The number of nitrogens with one attached hydrogen (secondary N) is 1. The number of likely N-dealkylation sites (tertiary alicyclic amines) is 1. The molecule has 27 heavy (non-hydrogen) atoms. The topological polar surface area (TPSA) is 61.6 Å². The van der Waals surface area contributed by atoms with E-state index in [1.54, 1.807) is 4.90 Å². The molecule has 1 aliphatic heterocycles. The second kappa shape index (κ2) is 8.63. The van der Waals surface area contributed by atoms with Crippen molar-refractivity contribution in [2.45, 2.75) is 88.8 Å². The highest BCUT2D eigenvalue weighted by Gasteiger charge is 2.30. The third-order valence-corrected chi connectivity index (χ3v) is 6.52. The summed E-state index contributed by atoms with van der Waals surface area (Å²) < 4.78 is 5.38. The van der Waals surface area contributed by atoms with Gasteiger partial charge in [-0.25, -0.2) is 4.79 Å². The first-order valence-corrected chi connectivity index (χ1v) is 10.9. The van der Waals surface area contributed by atoms with Crippen molar-refractivity contribution in [3.8, 4) is 0 Å². The predicted octanol–water partition coefficient (Wildman–Crippen LogP) is 3.88. The summed E-state index contributed by atoms with van der Waals surface area (Å²) in [5, 5.41) is 7.21. The summed E-state index contributed by atoms with van der Waals surface area (Å²) in [6.07, 6.45) is 12.9. The van der Waals surface area contributed by atoms with Crippen LogP contribution in [-0.4, -0.2) is 53.2 Å². The number of nitrogens with zero attached hydrogens (tertiary/aromatic N) is 3. The van der Waals surface area contributed by atoms with Crippen LogP contribution in [0.15, 0.2) is 10.6 Å². The molecule has 1 N–H and O–H groups in total. The number of piperidine rings is 1. The first kappa shape index (κ1) is 18.8. The van der Waals surface area contributed by atoms with Crippen LogP contribution in [0.1, 0.15) is 81.6 Å². The van der Waals surface area contributed by atoms with Crippen molar-refractivity contribution < 1.29 is 9.32 Å². The van der Waals surface area contributed by atoms with Gasteiger partial charge >= 0.3 is 6.03 Å². The van der Waals surface area contributed by atoms with E-state index < -0.39 is 0 Å². The van der Waals surface area contributed by atoms with Crippen molar-refractivity contribution >= 4 is 6.03 Å². The molecule has 0 unspecified atom stereocenters. The largest absolute Gasteiger partial charge is 0.361 e. The molecule has 2 saturated carbocycles. The summed E-state index contributed by atoms with van der Waals surface area (Å²) in [6, 6.07) is 3.42. The van der Waals surface area contributed by atoms with E-state index in [1.165, 1.54) is 64.3 Å². The third kappa shape index (κ3) is 4.84. The molecule has 2 heterocycles. The van der Waals surface area contributed by atoms with Crippen molar-refractivity contribution in [1.82, 2.24) is 20.3 Å². The summed E-state index contributed by atoms with van der Waals surface area (Å²) in [6.45, 7) is 2.50. The Hall–Kier alpha value is -1.56. The lowest BCUT2D eigenvalue weighted by atomic mass is 9.96. The monoisotopic (exact) mass is 374 g/mol. The molecule has 3 aliphatic rings. The highest BCUT2D eigenvalue weighted by atomic mass is 16.5. The number of urea groups is 1. The number of carbonyl (C=O) groups excluding carboxylic acids is 1. The van der Waals surface area contributed by atoms with Crippen molar-refractivity contribution in [3.63, 3.8) is 0 Å². The van der Waals surface area contributed by atoms with Gasteiger partial charge in [-0.1, -0.05) is 24.4 Å². The molecule has 4 rings (SSSR count). The molecule has 1 aromatic heterocycles. The Bertz CT molecular complexity index is 621. The Morgan fingerprint density at radius 3 is 2.78 bits per heavy atom. The zero-order valence-corrected chi connectivity index (χ0v) is 16.7. The van der Waals surface area contributed by atoms with Gasteiger partial charge in [0.25, 0.3) is 0 Å². The summed E-state index contributed by atoms with van der Waals surface area (Å²) >= 11 is 0. The molecule has 1 aromatic rings. The quantitative estimate of drug-likeness (QED) is 0.787. The van der Waals surface area contributed by atoms with Crippen LogP contribution in [0.5, 0.6) is 0 Å². The molecule has 2 aliphatic carbocycles. The van der Waals surface area contributed by atoms with Crippen LogP contribution >= 0.6 is 0 Å². The van der Waals surface area contributed by atoms with Crippen LogP contribution in [0.25, 0.3) is 0 Å². The molecular weight excluding hydrogens is 340 g/mol. The number of hydrogen-bond acceptors (Lipinski definition) is 4. The lowest BCUT2D eigenvalue weighted by molar-refractivity contribution is 0.0912. The zero-order chi connectivity index (χ0) is 18.6. The summed E-state index contributed by atoms with van der Waals surface area (Å²) in [5.74, 6) is 1.53. The van der Waals surface area contributed by atoms with Crippen LogP contribution in [0.2, 0.25) is 0 Å². The van der Waals surface area contributed by atoms with Crippen molar-refractivity contribution in [2.75, 3.05) is 20.1 Å². The van der Waals surface area contributed by atoms with Gasteiger partial charge in [0.1, 0.15) is 11.5 Å². The fourth-order valence-corrected chi connectivity index (χ4v) is 4.81. The highest BCUT2D eigenvalue weighted by Crippen LogP contribution is 2.40. The molecule has 0 spiro atoms. The fraction of sp³-hybridized carbons (Fsp3) is 0.810. The molecule has 0 aromatic carbocycles. The van der Waals surface area contributed by atoms with Gasteiger partial charge in [0.15, 0.2) is 0 Å². The summed E-state index contributed by atoms with van der Waals surface area (Å²) in [5.41, 5.74) is 0.842. The van der Waals surface area contributed by atoms with E-state index in [2.05, 4.69) is 15.4 Å². The third-order valence-electron chi connectivity index (χ3n) is 6.52. The standard InChI is InChI=1S/C21H34N4O2/c1-24(15-17-14-20(27-23-17)16-9-10-16)21(26)22-12-11-19-8-4-5-13-25(19)18-6-2-3-7-18/h14,16,18-19H,2-13,15H2,1H3,(H,22,26)/t19-/m1/s1. The molecule has 0 radical (unpaired) electrons. The normalized spacial score (nSPS) is 24.3. The van der Waals surface area contributed by atoms with Gasteiger partial charge in [0, 0.05) is 37.7 Å². The molecule has 6 heteroatoms. The van der Waals surface area contributed by atoms with Crippen molar-refractivity contribution in [1.29, 1.82) is 0 Å². The van der Waals surface area contributed by atoms with Crippen LogP contribution in [0.3, 0.4) is 0 Å². The van der Waals surface area contributed by atoms with Gasteiger partial charge in [-0.2, -0.15) is 0 Å². The molecular formula is C21H34N4O2. The van der Waals surface area contributed by atoms with Crippen LogP contribution in [0.4, 0.5) is 4.79 Å². The smallest absolute Gasteiger partial charge is 0.317 e. The maximum absolute atomic E-state index is 12.4. The minimum absolute atomic E-state index is 0.0193. The average Bonchev–Trinajstić information content (AvgIpc) is 3.18. The maximum atomic E-state index is 12.4. The summed E-state index contributed by atoms with van der Waals surface area (Å²) in [4.78, 5) is 16.9. The van der Waals surface area contributed by atoms with E-state index in [0.29, 0.717) is 18.5 Å². The lowest BCUT2D eigenvalue weighted by Crippen LogP contribution is -2.47. The average molecular weight is 375 g/mol. The van der Waals surface area contributed by atoms with Gasteiger partial charge in [0.05, 0.1) is 6.54 Å². The zero-order valence-electron chi connectivity index (χ0n) is 16.7. The van der Waals surface area contributed by atoms with E-state index in [1.807, 2.05) is 13.1 Å². The first-order chi connectivity index (χ1) is 13.2. The number of amides is 2. The lowest BCUT2D eigenvalue weighted by Gasteiger charge is -2.40. The van der Waals surface area contributed by atoms with E-state index in [-0.39, 0.29) is 6.03 Å². The van der Waals surface area contributed by atoms with Crippen LogP contribution in [0, 0.1) is 0 Å². The fourth-order valence-electron chi connectivity index (χ4n) is 4.81. The van der Waals surface area contributed by atoms with Crippen LogP contribution in [-0.2, 0) is 6.54 Å².